The van der Waals surface area contributed by atoms with Crippen molar-refractivity contribution in [2.75, 3.05) is 13.2 Å². The first-order chi connectivity index (χ1) is 7.18. The SMILES string of the molecule is C[C@H](N)[C@H](O)c1ccc2c(c1)OCCO2.Cl. The summed E-state index contributed by atoms with van der Waals surface area (Å²) in [5, 5.41) is 9.78. The predicted molar refractivity (Wildman–Crippen MR) is 63.3 cm³/mol. The van der Waals surface area contributed by atoms with Crippen LogP contribution >= 0.6 is 12.4 Å². The number of nitrogens with two attached hydrogens (primary N) is 1. The Balaban J connectivity index is 0.00000128. The van der Waals surface area contributed by atoms with Gasteiger partial charge in [0.25, 0.3) is 0 Å². The van der Waals surface area contributed by atoms with Crippen LogP contribution in [-0.4, -0.2) is 24.4 Å². The molecule has 0 radical (unpaired) electrons. The van der Waals surface area contributed by atoms with Crippen LogP contribution in [-0.2, 0) is 0 Å². The Morgan fingerprint density at radius 1 is 1.25 bits per heavy atom. The van der Waals surface area contributed by atoms with Gasteiger partial charge in [-0.1, -0.05) is 6.07 Å². The molecule has 0 aromatic heterocycles. The van der Waals surface area contributed by atoms with E-state index < -0.39 is 6.10 Å². The Bertz CT molecular complexity index is 357. The van der Waals surface area contributed by atoms with E-state index in [-0.39, 0.29) is 18.4 Å². The average Bonchev–Trinajstić information content (AvgIpc) is 2.27. The van der Waals surface area contributed by atoms with Crippen LogP contribution in [0.15, 0.2) is 18.2 Å². The van der Waals surface area contributed by atoms with Gasteiger partial charge in [-0.15, -0.1) is 12.4 Å². The van der Waals surface area contributed by atoms with Crippen molar-refractivity contribution in [2.24, 2.45) is 5.73 Å². The first kappa shape index (κ1) is 13.1. The van der Waals surface area contributed by atoms with Gasteiger partial charge in [-0.2, -0.15) is 0 Å². The highest BCUT2D eigenvalue weighted by molar-refractivity contribution is 5.85. The molecule has 2 atom stereocenters. The summed E-state index contributed by atoms with van der Waals surface area (Å²) in [5.74, 6) is 1.40. The molecule has 3 N–H and O–H groups in total. The maximum atomic E-state index is 9.78. The zero-order chi connectivity index (χ0) is 10.8. The Morgan fingerprint density at radius 2 is 1.88 bits per heavy atom. The van der Waals surface area contributed by atoms with E-state index >= 15 is 0 Å². The molecule has 0 aliphatic carbocycles. The van der Waals surface area contributed by atoms with Crippen molar-refractivity contribution < 1.29 is 14.6 Å². The van der Waals surface area contributed by atoms with Gasteiger partial charge in [0, 0.05) is 6.04 Å². The van der Waals surface area contributed by atoms with Crippen LogP contribution in [0.4, 0.5) is 0 Å². The number of aliphatic hydroxyl groups is 1. The summed E-state index contributed by atoms with van der Waals surface area (Å²) < 4.78 is 10.8. The van der Waals surface area contributed by atoms with Crippen LogP contribution in [0.5, 0.6) is 11.5 Å². The molecule has 0 bridgehead atoms. The second-order valence-corrected chi connectivity index (χ2v) is 3.71. The highest BCUT2D eigenvalue weighted by Crippen LogP contribution is 2.32. The van der Waals surface area contributed by atoms with E-state index in [0.717, 1.165) is 11.3 Å². The van der Waals surface area contributed by atoms with E-state index in [1.54, 1.807) is 19.1 Å². The number of benzene rings is 1. The minimum absolute atomic E-state index is 0. The zero-order valence-electron chi connectivity index (χ0n) is 9.05. The lowest BCUT2D eigenvalue weighted by Crippen LogP contribution is -2.24. The largest absolute Gasteiger partial charge is 0.486 e. The lowest BCUT2D eigenvalue weighted by molar-refractivity contribution is 0.149. The summed E-state index contributed by atoms with van der Waals surface area (Å²) >= 11 is 0. The molecule has 0 saturated carbocycles. The zero-order valence-corrected chi connectivity index (χ0v) is 9.87. The van der Waals surface area contributed by atoms with E-state index in [4.69, 9.17) is 15.2 Å². The molecule has 16 heavy (non-hydrogen) atoms. The standard InChI is InChI=1S/C11H15NO3.ClH/c1-7(12)11(13)8-2-3-9-10(6-8)15-5-4-14-9;/h2-3,6-7,11,13H,4-5,12H2,1H3;1H/t7-,11-;/m0./s1. The Morgan fingerprint density at radius 3 is 2.50 bits per heavy atom. The van der Waals surface area contributed by atoms with Gasteiger partial charge in [0.2, 0.25) is 0 Å². The van der Waals surface area contributed by atoms with Gasteiger partial charge < -0.3 is 20.3 Å². The summed E-state index contributed by atoms with van der Waals surface area (Å²) in [7, 11) is 0. The van der Waals surface area contributed by atoms with Crippen LogP contribution in [0.2, 0.25) is 0 Å². The molecular weight excluding hydrogens is 230 g/mol. The van der Waals surface area contributed by atoms with Crippen molar-refractivity contribution >= 4 is 12.4 Å². The Labute approximate surface area is 101 Å². The van der Waals surface area contributed by atoms with Gasteiger partial charge in [0.15, 0.2) is 11.5 Å². The summed E-state index contributed by atoms with van der Waals surface area (Å²) in [6.45, 7) is 2.88. The van der Waals surface area contributed by atoms with Crippen molar-refractivity contribution in [3.05, 3.63) is 23.8 Å². The number of aliphatic hydroxyl groups excluding tert-OH is 1. The minimum atomic E-state index is -0.666. The van der Waals surface area contributed by atoms with Gasteiger partial charge in [-0.25, -0.2) is 0 Å². The lowest BCUT2D eigenvalue weighted by Gasteiger charge is -2.21. The predicted octanol–water partition coefficient (Wildman–Crippen LogP) is 1.26. The lowest BCUT2D eigenvalue weighted by atomic mass is 10.0. The van der Waals surface area contributed by atoms with Crippen molar-refractivity contribution in [1.29, 1.82) is 0 Å². The Kier molecular flexibility index (Phi) is 4.41. The first-order valence-electron chi connectivity index (χ1n) is 5.01. The normalized spacial score (nSPS) is 17.2. The molecule has 4 nitrogen and oxygen atoms in total. The highest BCUT2D eigenvalue weighted by atomic mass is 35.5. The summed E-state index contributed by atoms with van der Waals surface area (Å²) in [5.41, 5.74) is 6.38. The number of halogens is 1. The minimum Gasteiger partial charge on any atom is -0.486 e. The van der Waals surface area contributed by atoms with Crippen molar-refractivity contribution in [2.45, 2.75) is 19.1 Å². The summed E-state index contributed by atoms with van der Waals surface area (Å²) in [4.78, 5) is 0. The third-order valence-electron chi connectivity index (χ3n) is 2.41. The molecular formula is C11H16ClNO3. The first-order valence-corrected chi connectivity index (χ1v) is 5.01. The van der Waals surface area contributed by atoms with Gasteiger partial charge in [-0.3, -0.25) is 0 Å². The van der Waals surface area contributed by atoms with Crippen molar-refractivity contribution in [1.82, 2.24) is 0 Å². The molecule has 0 spiro atoms. The third kappa shape index (κ3) is 2.58. The topological polar surface area (TPSA) is 64.7 Å². The maximum Gasteiger partial charge on any atom is 0.161 e. The molecule has 5 heteroatoms. The van der Waals surface area contributed by atoms with Crippen molar-refractivity contribution in [3.63, 3.8) is 0 Å². The number of hydrogen-bond acceptors (Lipinski definition) is 4. The number of hydrogen-bond donors (Lipinski definition) is 2. The van der Waals surface area contributed by atoms with E-state index in [1.165, 1.54) is 0 Å². The number of ether oxygens (including phenoxy) is 2. The highest BCUT2D eigenvalue weighted by Gasteiger charge is 2.17. The fraction of sp³-hybridized carbons (Fsp3) is 0.455. The van der Waals surface area contributed by atoms with Gasteiger partial charge in [-0.05, 0) is 24.6 Å². The van der Waals surface area contributed by atoms with E-state index in [1.807, 2.05) is 6.07 Å². The monoisotopic (exact) mass is 245 g/mol. The molecule has 2 rings (SSSR count). The number of rotatable bonds is 2. The van der Waals surface area contributed by atoms with Crippen LogP contribution < -0.4 is 15.2 Å². The quantitative estimate of drug-likeness (QED) is 0.824. The molecule has 1 aliphatic heterocycles. The molecule has 1 aromatic carbocycles. The van der Waals surface area contributed by atoms with Gasteiger partial charge in [0.1, 0.15) is 13.2 Å². The summed E-state index contributed by atoms with van der Waals surface area (Å²) in [6, 6.07) is 5.09. The van der Waals surface area contributed by atoms with Gasteiger partial charge >= 0.3 is 0 Å². The molecule has 0 saturated heterocycles. The smallest absolute Gasteiger partial charge is 0.161 e. The molecule has 1 aromatic rings. The molecule has 0 unspecified atom stereocenters. The maximum absolute atomic E-state index is 9.78. The van der Waals surface area contributed by atoms with Crippen molar-refractivity contribution in [3.8, 4) is 11.5 Å². The van der Waals surface area contributed by atoms with E-state index in [0.29, 0.717) is 19.0 Å². The molecule has 0 fully saturated rings. The second-order valence-electron chi connectivity index (χ2n) is 3.71. The number of fused-ring (bicyclic) bond motifs is 1. The van der Waals surface area contributed by atoms with E-state index in [9.17, 15) is 5.11 Å². The Hall–Kier alpha value is -0.970. The van der Waals surface area contributed by atoms with Crippen LogP contribution in [0, 0.1) is 0 Å². The van der Waals surface area contributed by atoms with Crippen LogP contribution in [0.25, 0.3) is 0 Å². The van der Waals surface area contributed by atoms with Crippen LogP contribution in [0.3, 0.4) is 0 Å². The van der Waals surface area contributed by atoms with Gasteiger partial charge in [0.05, 0.1) is 6.10 Å². The van der Waals surface area contributed by atoms with E-state index in [2.05, 4.69) is 0 Å². The summed E-state index contributed by atoms with van der Waals surface area (Å²) in [6.07, 6.45) is -0.666. The molecule has 0 amide bonds. The molecule has 1 heterocycles. The second kappa shape index (κ2) is 5.39. The fourth-order valence-corrected chi connectivity index (χ4v) is 1.55. The average molecular weight is 246 g/mol. The molecule has 90 valence electrons. The third-order valence-corrected chi connectivity index (χ3v) is 2.41. The fourth-order valence-electron chi connectivity index (χ4n) is 1.55. The van der Waals surface area contributed by atoms with Crippen LogP contribution in [0.1, 0.15) is 18.6 Å². The molecule has 1 aliphatic rings.